The van der Waals surface area contributed by atoms with Gasteiger partial charge in [0.05, 0.1) is 41.1 Å². The van der Waals surface area contributed by atoms with E-state index in [1.807, 2.05) is 18.2 Å². The largest absolute Gasteiger partial charge is 0.389 e. The number of nitriles is 1. The molecule has 1 saturated carbocycles. The molecule has 0 spiro atoms. The first-order valence-corrected chi connectivity index (χ1v) is 10.9. The fraction of sp³-hybridized carbons (Fsp3) is 0.348. The summed E-state index contributed by atoms with van der Waals surface area (Å²) < 4.78 is 7.20. The molecule has 0 amide bonds. The lowest BCUT2D eigenvalue weighted by Crippen LogP contribution is -2.26. The normalized spacial score (nSPS) is 14.6. The van der Waals surface area contributed by atoms with Crippen LogP contribution in [-0.2, 0) is 6.54 Å². The van der Waals surface area contributed by atoms with E-state index in [4.69, 9.17) is 10.3 Å². The van der Waals surface area contributed by atoms with E-state index in [1.165, 1.54) is 6.20 Å². The number of hydrogen-bond acceptors (Lipinski definition) is 10. The van der Waals surface area contributed by atoms with Crippen molar-refractivity contribution in [1.82, 2.24) is 34.9 Å². The molecular formula is C23H23N9O2. The third-order valence-corrected chi connectivity index (χ3v) is 5.58. The van der Waals surface area contributed by atoms with E-state index in [0.29, 0.717) is 41.0 Å². The van der Waals surface area contributed by atoms with Crippen LogP contribution in [0.15, 0.2) is 41.4 Å². The molecule has 11 heteroatoms. The quantitative estimate of drug-likeness (QED) is 0.421. The van der Waals surface area contributed by atoms with Gasteiger partial charge in [-0.15, -0.1) is 0 Å². The zero-order chi connectivity index (χ0) is 23.9. The SMILES string of the molecule is CC(C)(O)Cn1cc(-c2nc(C(c3ccc(-c4cnc(N)nc4C#N)nc3)C3CC3)no2)cn1. The van der Waals surface area contributed by atoms with Gasteiger partial charge in [-0.1, -0.05) is 11.2 Å². The van der Waals surface area contributed by atoms with Crippen LogP contribution in [0.3, 0.4) is 0 Å². The Balaban J connectivity index is 1.41. The summed E-state index contributed by atoms with van der Waals surface area (Å²) in [5, 5.41) is 27.9. The van der Waals surface area contributed by atoms with E-state index in [1.54, 1.807) is 37.1 Å². The zero-order valence-corrected chi connectivity index (χ0v) is 18.8. The molecule has 1 aliphatic rings. The number of nitrogen functional groups attached to an aromatic ring is 1. The van der Waals surface area contributed by atoms with Crippen molar-refractivity contribution in [2.45, 2.75) is 44.8 Å². The van der Waals surface area contributed by atoms with Gasteiger partial charge in [0.15, 0.2) is 11.5 Å². The number of hydrogen-bond donors (Lipinski definition) is 2. The lowest BCUT2D eigenvalue weighted by molar-refractivity contribution is 0.0577. The van der Waals surface area contributed by atoms with Crippen molar-refractivity contribution < 1.29 is 9.63 Å². The molecule has 0 radical (unpaired) electrons. The number of aliphatic hydroxyl groups is 1. The van der Waals surface area contributed by atoms with Crippen LogP contribution in [0.25, 0.3) is 22.7 Å². The molecule has 0 aromatic carbocycles. The predicted octanol–water partition coefficient (Wildman–Crippen LogP) is 2.55. The van der Waals surface area contributed by atoms with Gasteiger partial charge in [-0.05, 0) is 44.2 Å². The molecule has 172 valence electrons. The topological polar surface area (TPSA) is 165 Å². The summed E-state index contributed by atoms with van der Waals surface area (Å²) in [4.78, 5) is 17.2. The average molecular weight is 457 g/mol. The lowest BCUT2D eigenvalue weighted by Gasteiger charge is -2.16. The van der Waals surface area contributed by atoms with Crippen LogP contribution in [0.2, 0.25) is 0 Å². The molecule has 34 heavy (non-hydrogen) atoms. The van der Waals surface area contributed by atoms with Gasteiger partial charge in [-0.3, -0.25) is 9.67 Å². The highest BCUT2D eigenvalue weighted by atomic mass is 16.5. The van der Waals surface area contributed by atoms with Crippen LogP contribution in [-0.4, -0.2) is 45.6 Å². The molecule has 5 rings (SSSR count). The Kier molecular flexibility index (Phi) is 5.30. The molecule has 0 bridgehead atoms. The molecule has 1 atom stereocenters. The number of rotatable bonds is 7. The van der Waals surface area contributed by atoms with E-state index >= 15 is 0 Å². The molecule has 0 aliphatic heterocycles. The van der Waals surface area contributed by atoms with Gasteiger partial charge >= 0.3 is 0 Å². The first-order valence-electron chi connectivity index (χ1n) is 10.9. The number of anilines is 1. The summed E-state index contributed by atoms with van der Waals surface area (Å²) in [7, 11) is 0. The molecule has 4 aromatic heterocycles. The Morgan fingerprint density at radius 1 is 1.24 bits per heavy atom. The van der Waals surface area contributed by atoms with E-state index in [0.717, 1.165) is 18.4 Å². The average Bonchev–Trinajstić information content (AvgIpc) is 3.32. The second-order valence-corrected chi connectivity index (χ2v) is 9.09. The second-order valence-electron chi connectivity index (χ2n) is 9.09. The van der Waals surface area contributed by atoms with E-state index in [-0.39, 0.29) is 17.6 Å². The van der Waals surface area contributed by atoms with Crippen molar-refractivity contribution in [1.29, 1.82) is 5.26 Å². The number of nitrogens with zero attached hydrogens (tertiary/aromatic N) is 8. The van der Waals surface area contributed by atoms with Gasteiger partial charge in [-0.2, -0.15) is 15.3 Å². The van der Waals surface area contributed by atoms with Crippen LogP contribution in [0.4, 0.5) is 5.95 Å². The Morgan fingerprint density at radius 2 is 2.06 bits per heavy atom. The number of aromatic nitrogens is 7. The van der Waals surface area contributed by atoms with Gasteiger partial charge in [0.25, 0.3) is 5.89 Å². The third kappa shape index (κ3) is 4.49. The first kappa shape index (κ1) is 21.7. The minimum absolute atomic E-state index is 0.0456. The Hall–Kier alpha value is -4.17. The molecule has 1 aliphatic carbocycles. The lowest BCUT2D eigenvalue weighted by atomic mass is 9.94. The first-order chi connectivity index (χ1) is 16.3. The second kappa shape index (κ2) is 8.31. The Morgan fingerprint density at radius 3 is 2.74 bits per heavy atom. The summed E-state index contributed by atoms with van der Waals surface area (Å²) in [6, 6.07) is 5.83. The highest BCUT2D eigenvalue weighted by Crippen LogP contribution is 2.45. The van der Waals surface area contributed by atoms with Crippen LogP contribution in [0.1, 0.15) is 49.7 Å². The molecule has 4 aromatic rings. The van der Waals surface area contributed by atoms with Gasteiger partial charge in [0.1, 0.15) is 6.07 Å². The van der Waals surface area contributed by atoms with Gasteiger partial charge in [0.2, 0.25) is 5.95 Å². The van der Waals surface area contributed by atoms with Crippen molar-refractivity contribution in [2.75, 3.05) is 5.73 Å². The summed E-state index contributed by atoms with van der Waals surface area (Å²) in [5.41, 5.74) is 7.65. The van der Waals surface area contributed by atoms with Crippen molar-refractivity contribution in [3.8, 4) is 28.8 Å². The Labute approximate surface area is 195 Å². The molecule has 1 fully saturated rings. The summed E-state index contributed by atoms with van der Waals surface area (Å²) in [6.07, 6.45) is 8.85. The third-order valence-electron chi connectivity index (χ3n) is 5.58. The summed E-state index contributed by atoms with van der Waals surface area (Å²) in [5.74, 6) is 1.37. The highest BCUT2D eigenvalue weighted by Gasteiger charge is 2.37. The maximum atomic E-state index is 10.0. The summed E-state index contributed by atoms with van der Waals surface area (Å²) >= 11 is 0. The van der Waals surface area contributed by atoms with E-state index < -0.39 is 5.60 Å². The van der Waals surface area contributed by atoms with Gasteiger partial charge in [-0.25, -0.2) is 9.97 Å². The molecule has 1 unspecified atom stereocenters. The van der Waals surface area contributed by atoms with Crippen LogP contribution in [0.5, 0.6) is 0 Å². The maximum absolute atomic E-state index is 10.0. The minimum atomic E-state index is -0.883. The highest BCUT2D eigenvalue weighted by molar-refractivity contribution is 5.65. The predicted molar refractivity (Wildman–Crippen MR) is 121 cm³/mol. The standard InChI is InChI=1S/C23H23N9O2/c1-23(2,33)12-32-11-15(9-28-32)21-30-20(31-34-21)19(13-3-4-13)14-5-6-17(26-8-14)16-10-27-22(25)29-18(16)7-24/h5-6,8-11,13,19,33H,3-4,12H2,1-2H3,(H2,25,27,29). The molecule has 11 nitrogen and oxygen atoms in total. The number of nitrogens with two attached hydrogens (primary N) is 1. The van der Waals surface area contributed by atoms with Crippen molar-refractivity contribution in [2.24, 2.45) is 5.92 Å². The van der Waals surface area contributed by atoms with Gasteiger partial charge in [0, 0.05) is 18.6 Å². The van der Waals surface area contributed by atoms with Crippen molar-refractivity contribution >= 4 is 5.95 Å². The van der Waals surface area contributed by atoms with Crippen molar-refractivity contribution in [3.63, 3.8) is 0 Å². The molecule has 4 heterocycles. The van der Waals surface area contributed by atoms with E-state index in [2.05, 4.69) is 30.2 Å². The van der Waals surface area contributed by atoms with Gasteiger partial charge < -0.3 is 15.4 Å². The number of pyridine rings is 1. The summed E-state index contributed by atoms with van der Waals surface area (Å²) in [6.45, 7) is 3.80. The van der Waals surface area contributed by atoms with Crippen LogP contribution >= 0.6 is 0 Å². The molecule has 3 N–H and O–H groups in total. The van der Waals surface area contributed by atoms with Crippen LogP contribution < -0.4 is 5.73 Å². The van der Waals surface area contributed by atoms with E-state index in [9.17, 15) is 10.4 Å². The monoisotopic (exact) mass is 457 g/mol. The van der Waals surface area contributed by atoms with Crippen LogP contribution in [0, 0.1) is 17.2 Å². The zero-order valence-electron chi connectivity index (χ0n) is 18.8. The molecular weight excluding hydrogens is 434 g/mol. The fourth-order valence-corrected chi connectivity index (χ4v) is 3.91. The smallest absolute Gasteiger partial charge is 0.261 e. The maximum Gasteiger partial charge on any atom is 0.261 e. The Bertz CT molecular complexity index is 1360. The minimum Gasteiger partial charge on any atom is -0.389 e. The fourth-order valence-electron chi connectivity index (χ4n) is 3.91. The molecule has 0 saturated heterocycles. The van der Waals surface area contributed by atoms with Crippen molar-refractivity contribution in [3.05, 3.63) is 54.0 Å².